The van der Waals surface area contributed by atoms with Crippen molar-refractivity contribution in [1.82, 2.24) is 0 Å². The zero-order valence-corrected chi connectivity index (χ0v) is 12.8. The van der Waals surface area contributed by atoms with E-state index in [1.807, 2.05) is 0 Å². The van der Waals surface area contributed by atoms with E-state index in [1.165, 1.54) is 5.57 Å². The summed E-state index contributed by atoms with van der Waals surface area (Å²) in [5.74, 6) is 2.90. The van der Waals surface area contributed by atoms with Gasteiger partial charge in [-0.25, -0.2) is 0 Å². The van der Waals surface area contributed by atoms with Crippen molar-refractivity contribution < 1.29 is 10.2 Å². The van der Waals surface area contributed by atoms with E-state index in [0.29, 0.717) is 35.5 Å². The van der Waals surface area contributed by atoms with Crippen LogP contribution in [0.15, 0.2) is 11.6 Å². The quantitative estimate of drug-likeness (QED) is 0.753. The summed E-state index contributed by atoms with van der Waals surface area (Å²) < 4.78 is 0. The van der Waals surface area contributed by atoms with Crippen LogP contribution in [0.4, 0.5) is 0 Å². The van der Waals surface area contributed by atoms with Crippen LogP contribution in [-0.4, -0.2) is 22.9 Å². The lowest BCUT2D eigenvalue weighted by Crippen LogP contribution is -2.50. The molecule has 0 aromatic rings. The van der Waals surface area contributed by atoms with Gasteiger partial charge in [-0.3, -0.25) is 0 Å². The number of aliphatic hydroxyl groups is 2. The Hall–Kier alpha value is -0.340. The number of allylic oxidation sites excluding steroid dienone is 2. The van der Waals surface area contributed by atoms with Gasteiger partial charge in [0.15, 0.2) is 0 Å². The van der Waals surface area contributed by atoms with Crippen molar-refractivity contribution in [2.45, 2.75) is 53.1 Å². The number of hydrogen-bond acceptors (Lipinski definition) is 2. The highest BCUT2D eigenvalue weighted by Crippen LogP contribution is 2.52. The summed E-state index contributed by atoms with van der Waals surface area (Å²) >= 11 is 0. The molecule has 19 heavy (non-hydrogen) atoms. The van der Waals surface area contributed by atoms with Gasteiger partial charge in [-0.15, -0.1) is 0 Å². The Kier molecular flexibility index (Phi) is 4.73. The van der Waals surface area contributed by atoms with Crippen LogP contribution in [0.1, 0.15) is 47.0 Å². The minimum Gasteiger partial charge on any atom is -0.396 e. The van der Waals surface area contributed by atoms with Crippen LogP contribution in [0, 0.1) is 35.5 Å². The van der Waals surface area contributed by atoms with Crippen molar-refractivity contribution in [3.63, 3.8) is 0 Å². The lowest BCUT2D eigenvalue weighted by Gasteiger charge is -2.52. The molecule has 2 nitrogen and oxygen atoms in total. The third-order valence-corrected chi connectivity index (χ3v) is 5.97. The fourth-order valence-electron chi connectivity index (χ4n) is 5.02. The van der Waals surface area contributed by atoms with Crippen LogP contribution in [-0.2, 0) is 0 Å². The Bertz CT molecular complexity index is 336. The van der Waals surface area contributed by atoms with Crippen molar-refractivity contribution in [1.29, 1.82) is 0 Å². The molecule has 2 aliphatic carbocycles. The Balaban J connectivity index is 2.32. The molecule has 2 saturated carbocycles. The molecule has 110 valence electrons. The molecule has 1 unspecified atom stereocenters. The number of aliphatic hydroxyl groups excluding tert-OH is 2. The first-order chi connectivity index (χ1) is 9.01. The molecule has 0 amide bonds. The first-order valence-electron chi connectivity index (χ1n) is 7.93. The molecule has 2 rings (SSSR count). The normalized spacial score (nSPS) is 47.9. The van der Waals surface area contributed by atoms with E-state index in [2.05, 4.69) is 33.8 Å². The van der Waals surface area contributed by atoms with Crippen molar-refractivity contribution in [3.05, 3.63) is 11.6 Å². The van der Waals surface area contributed by atoms with Gasteiger partial charge in [0, 0.05) is 6.61 Å². The molecule has 0 aromatic carbocycles. The molecule has 0 aliphatic heterocycles. The maximum absolute atomic E-state index is 10.3. The highest BCUT2D eigenvalue weighted by Gasteiger charge is 2.49. The first kappa shape index (κ1) is 15.1. The molecule has 0 saturated heterocycles. The average Bonchev–Trinajstić information content (AvgIpc) is 2.40. The van der Waals surface area contributed by atoms with E-state index in [0.717, 1.165) is 19.3 Å². The fourth-order valence-corrected chi connectivity index (χ4v) is 5.02. The fraction of sp³-hybridized carbons (Fsp3) is 0.882. The summed E-state index contributed by atoms with van der Waals surface area (Å²) in [5.41, 5.74) is 1.41. The third kappa shape index (κ3) is 2.62. The molecule has 2 fully saturated rings. The topological polar surface area (TPSA) is 40.5 Å². The van der Waals surface area contributed by atoms with Gasteiger partial charge in [-0.05, 0) is 68.6 Å². The highest BCUT2D eigenvalue weighted by molar-refractivity contribution is 5.11. The van der Waals surface area contributed by atoms with Crippen LogP contribution >= 0.6 is 0 Å². The standard InChI is InChI=1S/C17H30O2/c1-5-10(2)16-12(4)8-13-15(19)7-6-11(3)17(13)14(16)9-18/h5,11-19H,6-9H2,1-4H3/b10-5+/t11-,12-,13-,14+,15-,16?,17+/m0/s1. The minimum atomic E-state index is -0.149. The predicted molar refractivity (Wildman–Crippen MR) is 78.7 cm³/mol. The first-order valence-corrected chi connectivity index (χ1v) is 7.93. The van der Waals surface area contributed by atoms with Crippen LogP contribution in [0.5, 0.6) is 0 Å². The number of rotatable bonds is 2. The molecule has 0 radical (unpaired) electrons. The van der Waals surface area contributed by atoms with E-state index in [4.69, 9.17) is 0 Å². The summed E-state index contributed by atoms with van der Waals surface area (Å²) in [7, 11) is 0. The largest absolute Gasteiger partial charge is 0.396 e. The molecule has 0 heterocycles. The molecule has 0 aromatic heterocycles. The van der Waals surface area contributed by atoms with Gasteiger partial charge in [-0.1, -0.05) is 25.5 Å². The highest BCUT2D eigenvalue weighted by atomic mass is 16.3. The van der Waals surface area contributed by atoms with Crippen molar-refractivity contribution in [2.24, 2.45) is 35.5 Å². The second-order valence-corrected chi connectivity index (χ2v) is 6.98. The van der Waals surface area contributed by atoms with Gasteiger partial charge < -0.3 is 10.2 Å². The maximum Gasteiger partial charge on any atom is 0.0571 e. The van der Waals surface area contributed by atoms with Gasteiger partial charge in [0.2, 0.25) is 0 Å². The molecule has 0 spiro atoms. The second kappa shape index (κ2) is 5.97. The predicted octanol–water partition coefficient (Wildman–Crippen LogP) is 3.24. The van der Waals surface area contributed by atoms with E-state index in [1.54, 1.807) is 0 Å². The van der Waals surface area contributed by atoms with Crippen LogP contribution in [0.25, 0.3) is 0 Å². The summed E-state index contributed by atoms with van der Waals surface area (Å²) in [5, 5.41) is 20.3. The van der Waals surface area contributed by atoms with Gasteiger partial charge in [0.05, 0.1) is 6.10 Å². The number of hydrogen-bond donors (Lipinski definition) is 2. The van der Waals surface area contributed by atoms with Gasteiger partial charge in [0.1, 0.15) is 0 Å². The van der Waals surface area contributed by atoms with Crippen molar-refractivity contribution in [3.8, 4) is 0 Å². The zero-order chi connectivity index (χ0) is 14.2. The minimum absolute atomic E-state index is 0.149. The summed E-state index contributed by atoms with van der Waals surface area (Å²) in [6.07, 6.45) is 5.22. The molecular weight excluding hydrogens is 236 g/mol. The van der Waals surface area contributed by atoms with Crippen LogP contribution in [0.3, 0.4) is 0 Å². The van der Waals surface area contributed by atoms with E-state index >= 15 is 0 Å². The maximum atomic E-state index is 10.3. The molecule has 2 N–H and O–H groups in total. The molecule has 0 bridgehead atoms. The molecule has 2 aliphatic rings. The van der Waals surface area contributed by atoms with Crippen LogP contribution < -0.4 is 0 Å². The lowest BCUT2D eigenvalue weighted by atomic mass is 9.53. The molecule has 7 atom stereocenters. The lowest BCUT2D eigenvalue weighted by molar-refractivity contribution is -0.0864. The average molecular weight is 266 g/mol. The Morgan fingerprint density at radius 1 is 1.21 bits per heavy atom. The Morgan fingerprint density at radius 2 is 1.89 bits per heavy atom. The zero-order valence-electron chi connectivity index (χ0n) is 12.8. The summed E-state index contributed by atoms with van der Waals surface area (Å²) in [4.78, 5) is 0. The van der Waals surface area contributed by atoms with E-state index < -0.39 is 0 Å². The second-order valence-electron chi connectivity index (χ2n) is 6.98. The summed E-state index contributed by atoms with van der Waals surface area (Å²) in [6.45, 7) is 9.17. The van der Waals surface area contributed by atoms with Gasteiger partial charge in [-0.2, -0.15) is 0 Å². The number of fused-ring (bicyclic) bond motifs is 1. The Morgan fingerprint density at radius 3 is 2.47 bits per heavy atom. The SMILES string of the molecule is C/C=C(\C)C1[C@@H](CO)[C@H]2[C@@H](C[C@@H]1C)[C@@H](O)CC[C@@H]2C. The smallest absolute Gasteiger partial charge is 0.0571 e. The Labute approximate surface area is 117 Å². The van der Waals surface area contributed by atoms with Crippen molar-refractivity contribution >= 4 is 0 Å². The summed E-state index contributed by atoms with van der Waals surface area (Å²) in [6, 6.07) is 0. The molecule has 2 heteroatoms. The van der Waals surface area contributed by atoms with E-state index in [-0.39, 0.29) is 12.7 Å². The van der Waals surface area contributed by atoms with Crippen LogP contribution in [0.2, 0.25) is 0 Å². The monoisotopic (exact) mass is 266 g/mol. The van der Waals surface area contributed by atoms with Gasteiger partial charge in [0.25, 0.3) is 0 Å². The third-order valence-electron chi connectivity index (χ3n) is 5.97. The van der Waals surface area contributed by atoms with Crippen molar-refractivity contribution in [2.75, 3.05) is 6.61 Å². The van der Waals surface area contributed by atoms with E-state index in [9.17, 15) is 10.2 Å². The molecular formula is C17H30O2. The van der Waals surface area contributed by atoms with Gasteiger partial charge >= 0.3 is 0 Å².